The smallest absolute Gasteiger partial charge is 0.224 e. The molecule has 2 aromatic rings. The fraction of sp³-hybridized carbons (Fsp3) is 0.429. The number of para-hydroxylation sites is 1. The molecular formula is C21H30IN5OS. The van der Waals surface area contributed by atoms with Gasteiger partial charge in [-0.15, -0.1) is 35.3 Å². The van der Waals surface area contributed by atoms with E-state index >= 15 is 0 Å². The highest BCUT2D eigenvalue weighted by molar-refractivity contribution is 14.0. The summed E-state index contributed by atoms with van der Waals surface area (Å²) in [6, 6.07) is 14.6. The van der Waals surface area contributed by atoms with E-state index < -0.39 is 0 Å². The second-order valence-electron chi connectivity index (χ2n) is 6.71. The van der Waals surface area contributed by atoms with Crippen LogP contribution < -0.4 is 15.5 Å². The Bertz CT molecular complexity index is 746. The summed E-state index contributed by atoms with van der Waals surface area (Å²) in [5.41, 5.74) is 1.23. The van der Waals surface area contributed by atoms with Crippen molar-refractivity contribution < 1.29 is 4.79 Å². The van der Waals surface area contributed by atoms with Crippen molar-refractivity contribution in [3.63, 3.8) is 0 Å². The predicted molar refractivity (Wildman–Crippen MR) is 133 cm³/mol. The number of nitrogens with one attached hydrogen (secondary N) is 2. The van der Waals surface area contributed by atoms with Crippen LogP contribution in [0.2, 0.25) is 0 Å². The molecule has 0 radical (unpaired) electrons. The second kappa shape index (κ2) is 12.7. The minimum absolute atomic E-state index is 0. The number of benzene rings is 1. The molecule has 1 aliphatic heterocycles. The van der Waals surface area contributed by atoms with Gasteiger partial charge in [0.2, 0.25) is 5.91 Å². The number of aliphatic imine (C=N–C) groups is 1. The molecule has 1 amide bonds. The van der Waals surface area contributed by atoms with Gasteiger partial charge in [0, 0.05) is 63.3 Å². The Morgan fingerprint density at radius 3 is 2.41 bits per heavy atom. The normalized spacial score (nSPS) is 14.3. The number of hydrogen-bond donors (Lipinski definition) is 2. The van der Waals surface area contributed by atoms with E-state index in [4.69, 9.17) is 0 Å². The van der Waals surface area contributed by atoms with Crippen LogP contribution in [0.15, 0.2) is 52.8 Å². The van der Waals surface area contributed by atoms with Gasteiger partial charge in [0.25, 0.3) is 0 Å². The number of thiophene rings is 1. The van der Waals surface area contributed by atoms with Crippen LogP contribution >= 0.6 is 35.3 Å². The standard InChI is InChI=1S/C21H29N5OS.HI/c1-22-21(23-11-9-19-8-5-17-28-19)24-12-10-20(27)26-15-13-25(14-16-26)18-6-3-2-4-7-18;/h2-8,17H,9-16H2,1H3,(H2,22,23,24);1H. The molecule has 1 aliphatic rings. The number of anilines is 1. The summed E-state index contributed by atoms with van der Waals surface area (Å²) in [5.74, 6) is 0.951. The SMILES string of the molecule is CN=C(NCCC(=O)N1CCN(c2ccccc2)CC1)NCCc1cccs1.I. The minimum Gasteiger partial charge on any atom is -0.368 e. The van der Waals surface area contributed by atoms with Crippen LogP contribution in [0.4, 0.5) is 5.69 Å². The number of piperazine rings is 1. The summed E-state index contributed by atoms with van der Waals surface area (Å²) in [5, 5.41) is 8.63. The van der Waals surface area contributed by atoms with Crippen LogP contribution in [-0.2, 0) is 11.2 Å². The highest BCUT2D eigenvalue weighted by Gasteiger charge is 2.20. The van der Waals surface area contributed by atoms with E-state index in [1.165, 1.54) is 10.6 Å². The minimum atomic E-state index is 0. The lowest BCUT2D eigenvalue weighted by atomic mass is 10.2. The fourth-order valence-electron chi connectivity index (χ4n) is 3.28. The van der Waals surface area contributed by atoms with Crippen LogP contribution in [0, 0.1) is 0 Å². The summed E-state index contributed by atoms with van der Waals surface area (Å²) < 4.78 is 0. The molecule has 0 saturated carbocycles. The average molecular weight is 527 g/mol. The zero-order chi connectivity index (χ0) is 19.6. The van der Waals surface area contributed by atoms with Crippen LogP contribution in [-0.4, -0.2) is 63.1 Å². The second-order valence-corrected chi connectivity index (χ2v) is 7.74. The summed E-state index contributed by atoms with van der Waals surface area (Å²) in [6.45, 7) is 4.75. The topological polar surface area (TPSA) is 60.0 Å². The molecule has 0 aliphatic carbocycles. The Hall–Kier alpha value is -1.81. The molecule has 0 spiro atoms. The lowest BCUT2D eigenvalue weighted by Crippen LogP contribution is -2.49. The molecule has 0 unspecified atom stereocenters. The number of guanidine groups is 1. The molecule has 0 bridgehead atoms. The Morgan fingerprint density at radius 1 is 1.03 bits per heavy atom. The zero-order valence-electron chi connectivity index (χ0n) is 16.8. The molecular weight excluding hydrogens is 497 g/mol. The first-order valence-corrected chi connectivity index (χ1v) is 10.7. The maximum absolute atomic E-state index is 12.5. The van der Waals surface area contributed by atoms with Crippen molar-refractivity contribution in [2.45, 2.75) is 12.8 Å². The van der Waals surface area contributed by atoms with Crippen LogP contribution in [0.3, 0.4) is 0 Å². The van der Waals surface area contributed by atoms with Crippen molar-refractivity contribution in [3.8, 4) is 0 Å². The molecule has 1 fully saturated rings. The maximum Gasteiger partial charge on any atom is 0.224 e. The first kappa shape index (κ1) is 23.5. The summed E-state index contributed by atoms with van der Waals surface area (Å²) in [4.78, 5) is 22.4. The summed E-state index contributed by atoms with van der Waals surface area (Å²) in [6.07, 6.45) is 1.46. The maximum atomic E-state index is 12.5. The Kier molecular flexibility index (Phi) is 10.3. The molecule has 158 valence electrons. The monoisotopic (exact) mass is 527 g/mol. The number of carbonyl (C=O) groups is 1. The molecule has 1 aromatic heterocycles. The van der Waals surface area contributed by atoms with E-state index in [-0.39, 0.29) is 29.9 Å². The van der Waals surface area contributed by atoms with E-state index in [0.717, 1.165) is 45.1 Å². The number of amides is 1. The van der Waals surface area contributed by atoms with Gasteiger partial charge in [-0.2, -0.15) is 0 Å². The Morgan fingerprint density at radius 2 is 1.76 bits per heavy atom. The van der Waals surface area contributed by atoms with Crippen molar-refractivity contribution in [3.05, 3.63) is 52.7 Å². The number of rotatable bonds is 7. The summed E-state index contributed by atoms with van der Waals surface area (Å²) >= 11 is 1.76. The number of halogens is 1. The van der Waals surface area contributed by atoms with Crippen molar-refractivity contribution in [1.29, 1.82) is 0 Å². The number of carbonyl (C=O) groups excluding carboxylic acids is 1. The average Bonchev–Trinajstić information content (AvgIpc) is 3.27. The zero-order valence-corrected chi connectivity index (χ0v) is 20.0. The third-order valence-electron chi connectivity index (χ3n) is 4.85. The van der Waals surface area contributed by atoms with Gasteiger partial charge in [-0.3, -0.25) is 9.79 Å². The molecule has 1 aromatic carbocycles. The molecule has 2 N–H and O–H groups in total. The summed E-state index contributed by atoms with van der Waals surface area (Å²) in [7, 11) is 1.76. The van der Waals surface area contributed by atoms with Gasteiger partial charge in [0.15, 0.2) is 5.96 Å². The quantitative estimate of drug-likeness (QED) is 0.331. The van der Waals surface area contributed by atoms with Gasteiger partial charge in [0.1, 0.15) is 0 Å². The van der Waals surface area contributed by atoms with E-state index in [1.54, 1.807) is 18.4 Å². The Balaban J connectivity index is 0.00000300. The molecule has 2 heterocycles. The molecule has 1 saturated heterocycles. The van der Waals surface area contributed by atoms with Crippen molar-refractivity contribution in [1.82, 2.24) is 15.5 Å². The highest BCUT2D eigenvalue weighted by atomic mass is 127. The lowest BCUT2D eigenvalue weighted by Gasteiger charge is -2.36. The van der Waals surface area contributed by atoms with Crippen LogP contribution in [0.5, 0.6) is 0 Å². The lowest BCUT2D eigenvalue weighted by molar-refractivity contribution is -0.131. The molecule has 3 rings (SSSR count). The van der Waals surface area contributed by atoms with Gasteiger partial charge >= 0.3 is 0 Å². The third kappa shape index (κ3) is 7.50. The van der Waals surface area contributed by atoms with Crippen molar-refractivity contribution in [2.24, 2.45) is 4.99 Å². The predicted octanol–water partition coefficient (Wildman–Crippen LogP) is 2.81. The van der Waals surface area contributed by atoms with Gasteiger partial charge in [-0.1, -0.05) is 24.3 Å². The highest BCUT2D eigenvalue weighted by Crippen LogP contribution is 2.15. The Labute approximate surface area is 194 Å². The van der Waals surface area contributed by atoms with Gasteiger partial charge in [-0.25, -0.2) is 0 Å². The van der Waals surface area contributed by atoms with Gasteiger partial charge in [-0.05, 0) is 30.0 Å². The van der Waals surface area contributed by atoms with E-state index in [9.17, 15) is 4.79 Å². The van der Waals surface area contributed by atoms with E-state index in [1.807, 2.05) is 11.0 Å². The van der Waals surface area contributed by atoms with Crippen LogP contribution in [0.25, 0.3) is 0 Å². The van der Waals surface area contributed by atoms with Crippen LogP contribution in [0.1, 0.15) is 11.3 Å². The van der Waals surface area contributed by atoms with E-state index in [0.29, 0.717) is 13.0 Å². The van der Waals surface area contributed by atoms with Gasteiger partial charge < -0.3 is 20.4 Å². The largest absolute Gasteiger partial charge is 0.368 e. The van der Waals surface area contributed by atoms with Crippen molar-refractivity contribution >= 4 is 52.9 Å². The van der Waals surface area contributed by atoms with Crippen molar-refractivity contribution in [2.75, 3.05) is 51.2 Å². The van der Waals surface area contributed by atoms with Gasteiger partial charge in [0.05, 0.1) is 0 Å². The molecule has 29 heavy (non-hydrogen) atoms. The molecule has 8 heteroatoms. The number of nitrogens with zero attached hydrogens (tertiary/aromatic N) is 3. The molecule has 6 nitrogen and oxygen atoms in total. The number of hydrogen-bond acceptors (Lipinski definition) is 4. The third-order valence-corrected chi connectivity index (χ3v) is 5.79. The van der Waals surface area contributed by atoms with E-state index in [2.05, 4.69) is 62.3 Å². The fourth-order valence-corrected chi connectivity index (χ4v) is 3.99. The molecule has 0 atom stereocenters. The first-order chi connectivity index (χ1) is 13.8. The first-order valence-electron chi connectivity index (χ1n) is 9.81.